The van der Waals surface area contributed by atoms with Crippen molar-refractivity contribution in [3.05, 3.63) is 24.3 Å². The molecule has 0 aliphatic carbocycles. The lowest BCUT2D eigenvalue weighted by molar-refractivity contribution is 0.409. The topological polar surface area (TPSA) is 57.6 Å². The van der Waals surface area contributed by atoms with Gasteiger partial charge in [0, 0.05) is 13.6 Å². The zero-order valence-electron chi connectivity index (χ0n) is 9.71. The molecule has 0 aliphatic rings. The molecule has 0 spiro atoms. The van der Waals surface area contributed by atoms with Gasteiger partial charge in [-0.1, -0.05) is 26.0 Å². The van der Waals surface area contributed by atoms with Crippen LogP contribution in [0.25, 0.3) is 0 Å². The van der Waals surface area contributed by atoms with Crippen molar-refractivity contribution >= 4 is 10.0 Å². The smallest absolute Gasteiger partial charge is 0.246 e. The molecule has 0 saturated heterocycles. The third kappa shape index (κ3) is 2.74. The van der Waals surface area contributed by atoms with Gasteiger partial charge in [-0.15, -0.1) is 0 Å². The van der Waals surface area contributed by atoms with Crippen molar-refractivity contribution in [1.82, 2.24) is 4.31 Å². The molecule has 4 nitrogen and oxygen atoms in total. The molecule has 1 aromatic rings. The van der Waals surface area contributed by atoms with Gasteiger partial charge in [-0.05, 0) is 18.1 Å². The van der Waals surface area contributed by atoms with Gasteiger partial charge in [0.2, 0.25) is 10.0 Å². The van der Waals surface area contributed by atoms with Gasteiger partial charge in [0.15, 0.2) is 0 Å². The Morgan fingerprint density at radius 1 is 1.31 bits per heavy atom. The molecule has 1 aromatic carbocycles. The number of hydrogen-bond acceptors (Lipinski definition) is 3. The van der Waals surface area contributed by atoms with E-state index in [1.54, 1.807) is 12.1 Å². The van der Waals surface area contributed by atoms with Gasteiger partial charge in [-0.3, -0.25) is 0 Å². The van der Waals surface area contributed by atoms with Gasteiger partial charge >= 0.3 is 0 Å². The Morgan fingerprint density at radius 2 is 1.88 bits per heavy atom. The monoisotopic (exact) mass is 243 g/mol. The van der Waals surface area contributed by atoms with Gasteiger partial charge in [0.1, 0.15) is 10.6 Å². The highest BCUT2D eigenvalue weighted by Gasteiger charge is 2.23. The minimum atomic E-state index is -3.58. The molecule has 0 heterocycles. The quantitative estimate of drug-likeness (QED) is 0.875. The summed E-state index contributed by atoms with van der Waals surface area (Å²) < 4.78 is 25.4. The van der Waals surface area contributed by atoms with Gasteiger partial charge in [0.05, 0.1) is 0 Å². The summed E-state index contributed by atoms with van der Waals surface area (Å²) in [5, 5.41) is 9.52. The summed E-state index contributed by atoms with van der Waals surface area (Å²) in [4.78, 5) is -0.0434. The Morgan fingerprint density at radius 3 is 2.38 bits per heavy atom. The highest BCUT2D eigenvalue weighted by Crippen LogP contribution is 2.24. The SMILES string of the molecule is CC(C)CN(C)S(=O)(=O)c1ccccc1O. The summed E-state index contributed by atoms with van der Waals surface area (Å²) >= 11 is 0. The van der Waals surface area contributed by atoms with Crippen LogP contribution in [0.5, 0.6) is 5.75 Å². The van der Waals surface area contributed by atoms with Crippen LogP contribution >= 0.6 is 0 Å². The molecular formula is C11H17NO3S. The fraction of sp³-hybridized carbons (Fsp3) is 0.455. The molecule has 0 amide bonds. The van der Waals surface area contributed by atoms with E-state index in [-0.39, 0.29) is 16.6 Å². The maximum atomic E-state index is 12.1. The van der Waals surface area contributed by atoms with Crippen LogP contribution < -0.4 is 0 Å². The standard InChI is InChI=1S/C11H17NO3S/c1-9(2)8-12(3)16(14,15)11-7-5-4-6-10(11)13/h4-7,9,13H,8H2,1-3H3. The van der Waals surface area contributed by atoms with Crippen molar-refractivity contribution in [2.45, 2.75) is 18.7 Å². The Balaban J connectivity index is 3.08. The van der Waals surface area contributed by atoms with Crippen LogP contribution in [0.3, 0.4) is 0 Å². The molecule has 0 bridgehead atoms. The van der Waals surface area contributed by atoms with Crippen molar-refractivity contribution in [2.24, 2.45) is 5.92 Å². The molecule has 1 N–H and O–H groups in total. The Bertz CT molecular complexity index is 454. The first-order valence-corrected chi connectivity index (χ1v) is 6.54. The van der Waals surface area contributed by atoms with Crippen LogP contribution in [-0.4, -0.2) is 31.4 Å². The second kappa shape index (κ2) is 4.84. The second-order valence-electron chi connectivity index (χ2n) is 4.15. The summed E-state index contributed by atoms with van der Waals surface area (Å²) in [6.45, 7) is 4.31. The van der Waals surface area contributed by atoms with E-state index >= 15 is 0 Å². The maximum Gasteiger partial charge on any atom is 0.246 e. The molecule has 0 aromatic heterocycles. The van der Waals surface area contributed by atoms with Crippen LogP contribution in [0.1, 0.15) is 13.8 Å². The van der Waals surface area contributed by atoms with E-state index in [2.05, 4.69) is 0 Å². The molecule has 90 valence electrons. The largest absolute Gasteiger partial charge is 0.507 e. The fourth-order valence-electron chi connectivity index (χ4n) is 1.46. The summed E-state index contributed by atoms with van der Waals surface area (Å²) in [7, 11) is -2.07. The number of benzene rings is 1. The minimum absolute atomic E-state index is 0.0434. The van der Waals surface area contributed by atoms with Gasteiger partial charge < -0.3 is 5.11 Å². The predicted molar refractivity (Wildman–Crippen MR) is 62.8 cm³/mol. The first kappa shape index (κ1) is 13.0. The highest BCUT2D eigenvalue weighted by molar-refractivity contribution is 7.89. The number of phenolic OH excluding ortho intramolecular Hbond substituents is 1. The number of phenols is 1. The molecular weight excluding hydrogens is 226 g/mol. The van der Waals surface area contributed by atoms with Crippen LogP contribution in [-0.2, 0) is 10.0 Å². The Hall–Kier alpha value is -1.07. The lowest BCUT2D eigenvalue weighted by atomic mass is 10.2. The molecule has 1 rings (SSSR count). The van der Waals surface area contributed by atoms with Crippen LogP contribution in [0, 0.1) is 5.92 Å². The molecule has 0 fully saturated rings. The molecule has 16 heavy (non-hydrogen) atoms. The number of nitrogens with zero attached hydrogens (tertiary/aromatic N) is 1. The van der Waals surface area contributed by atoms with E-state index in [1.165, 1.54) is 23.5 Å². The summed E-state index contributed by atoms with van der Waals surface area (Å²) in [6.07, 6.45) is 0. The summed E-state index contributed by atoms with van der Waals surface area (Å²) in [6, 6.07) is 5.96. The summed E-state index contributed by atoms with van der Waals surface area (Å²) in [5.74, 6) is 0.0312. The lowest BCUT2D eigenvalue weighted by Crippen LogP contribution is -2.30. The first-order valence-electron chi connectivity index (χ1n) is 5.10. The van der Waals surface area contributed by atoms with E-state index in [0.29, 0.717) is 6.54 Å². The molecule has 0 unspecified atom stereocenters. The molecule has 0 saturated carbocycles. The van der Waals surface area contributed by atoms with E-state index in [4.69, 9.17) is 0 Å². The van der Waals surface area contributed by atoms with Crippen molar-refractivity contribution in [3.63, 3.8) is 0 Å². The second-order valence-corrected chi connectivity index (χ2v) is 6.16. The number of sulfonamides is 1. The summed E-state index contributed by atoms with van der Waals surface area (Å²) in [5.41, 5.74) is 0. The molecule has 0 aliphatic heterocycles. The van der Waals surface area contributed by atoms with Gasteiger partial charge in [-0.25, -0.2) is 12.7 Å². The van der Waals surface area contributed by atoms with Crippen LogP contribution in [0.15, 0.2) is 29.2 Å². The minimum Gasteiger partial charge on any atom is -0.507 e. The average molecular weight is 243 g/mol. The molecule has 0 radical (unpaired) electrons. The van der Waals surface area contributed by atoms with E-state index in [9.17, 15) is 13.5 Å². The highest BCUT2D eigenvalue weighted by atomic mass is 32.2. The number of hydrogen-bond donors (Lipinski definition) is 1. The van der Waals surface area contributed by atoms with Gasteiger partial charge in [0.25, 0.3) is 0 Å². The fourth-order valence-corrected chi connectivity index (χ4v) is 2.87. The lowest BCUT2D eigenvalue weighted by Gasteiger charge is -2.19. The number of para-hydroxylation sites is 1. The maximum absolute atomic E-state index is 12.1. The zero-order chi connectivity index (χ0) is 12.3. The number of rotatable bonds is 4. The Kier molecular flexibility index (Phi) is 3.93. The van der Waals surface area contributed by atoms with Crippen molar-refractivity contribution in [2.75, 3.05) is 13.6 Å². The van der Waals surface area contributed by atoms with Gasteiger partial charge in [-0.2, -0.15) is 0 Å². The van der Waals surface area contributed by atoms with E-state index in [0.717, 1.165) is 0 Å². The van der Waals surface area contributed by atoms with Crippen molar-refractivity contribution < 1.29 is 13.5 Å². The molecule has 0 atom stereocenters. The Labute approximate surface area is 96.6 Å². The first-order chi connectivity index (χ1) is 7.35. The normalized spacial score (nSPS) is 12.3. The average Bonchev–Trinajstić information content (AvgIpc) is 2.16. The van der Waals surface area contributed by atoms with Crippen LogP contribution in [0.2, 0.25) is 0 Å². The third-order valence-corrected chi connectivity index (χ3v) is 4.05. The number of aromatic hydroxyl groups is 1. The zero-order valence-corrected chi connectivity index (χ0v) is 10.5. The van der Waals surface area contributed by atoms with Crippen LogP contribution in [0.4, 0.5) is 0 Å². The van der Waals surface area contributed by atoms with Crippen molar-refractivity contribution in [3.8, 4) is 5.75 Å². The van der Waals surface area contributed by atoms with Crippen molar-refractivity contribution in [1.29, 1.82) is 0 Å². The molecule has 5 heteroatoms. The van der Waals surface area contributed by atoms with E-state index < -0.39 is 10.0 Å². The van der Waals surface area contributed by atoms with E-state index in [1.807, 2.05) is 13.8 Å². The third-order valence-electron chi connectivity index (χ3n) is 2.18. The predicted octanol–water partition coefficient (Wildman–Crippen LogP) is 1.67.